The van der Waals surface area contributed by atoms with E-state index >= 15 is 0 Å². The second-order valence-corrected chi connectivity index (χ2v) is 2.73. The van der Waals surface area contributed by atoms with Gasteiger partial charge in [0.2, 0.25) is 0 Å². The normalized spacial score (nSPS) is 17.3. The highest BCUT2D eigenvalue weighted by Gasteiger charge is 2.20. The molecule has 0 aromatic carbocycles. The maximum Gasteiger partial charge on any atom is 0.147 e. The molecule has 58 valence electrons. The monoisotopic (exact) mass is 142 g/mol. The molecule has 1 fully saturated rings. The van der Waals surface area contributed by atoms with Gasteiger partial charge in [-0.25, -0.2) is 0 Å². The summed E-state index contributed by atoms with van der Waals surface area (Å²) in [6.07, 6.45) is 2.98. The molecule has 1 aliphatic carbocycles. The number of hydrogen-bond donors (Lipinski definition) is 2. The predicted octanol–water partition coefficient (Wildman–Crippen LogP) is -0.344. The number of ketones is 1. The Kier molecular flexibility index (Phi) is 2.83. The topological polar surface area (TPSA) is 55.1 Å². The molecule has 1 aliphatic rings. The molecular weight excluding hydrogens is 128 g/mol. The van der Waals surface area contributed by atoms with E-state index in [2.05, 4.69) is 5.32 Å². The van der Waals surface area contributed by atoms with Crippen LogP contribution in [0.2, 0.25) is 0 Å². The molecule has 1 saturated carbocycles. The van der Waals surface area contributed by atoms with E-state index in [1.807, 2.05) is 0 Å². The van der Waals surface area contributed by atoms with E-state index in [1.165, 1.54) is 12.8 Å². The smallest absolute Gasteiger partial charge is 0.147 e. The number of nitrogens with one attached hydrogen (secondary N) is 1. The first kappa shape index (κ1) is 7.69. The maximum atomic E-state index is 10.8. The van der Waals surface area contributed by atoms with Gasteiger partial charge in [0.15, 0.2) is 0 Å². The van der Waals surface area contributed by atoms with Crippen LogP contribution in [0.25, 0.3) is 0 Å². The average Bonchev–Trinajstić information content (AvgIpc) is 2.67. The number of Topliss-reactive ketones (excluding diaryl/α,β-unsaturated/α-hetero) is 1. The molecular formula is C7H14N2O. The fourth-order valence-electron chi connectivity index (χ4n) is 0.795. The van der Waals surface area contributed by atoms with Crippen LogP contribution < -0.4 is 11.1 Å². The van der Waals surface area contributed by atoms with Crippen LogP contribution >= 0.6 is 0 Å². The highest BCUT2D eigenvalue weighted by atomic mass is 16.1. The van der Waals surface area contributed by atoms with Crippen molar-refractivity contribution in [2.24, 2.45) is 5.73 Å². The van der Waals surface area contributed by atoms with Crippen LogP contribution in [0.5, 0.6) is 0 Å². The van der Waals surface area contributed by atoms with Gasteiger partial charge in [0.1, 0.15) is 5.78 Å². The van der Waals surface area contributed by atoms with Crippen LogP contribution in [-0.2, 0) is 4.79 Å². The van der Waals surface area contributed by atoms with Crippen molar-refractivity contribution in [1.82, 2.24) is 5.32 Å². The van der Waals surface area contributed by atoms with Gasteiger partial charge in [-0.3, -0.25) is 4.79 Å². The summed E-state index contributed by atoms with van der Waals surface area (Å²) in [6.45, 7) is 0.993. The van der Waals surface area contributed by atoms with E-state index in [9.17, 15) is 4.79 Å². The van der Waals surface area contributed by atoms with Crippen molar-refractivity contribution in [3.63, 3.8) is 0 Å². The Balaban J connectivity index is 1.94. The molecule has 0 heterocycles. The number of carbonyl (C=O) groups is 1. The quantitative estimate of drug-likeness (QED) is 0.552. The molecule has 3 N–H and O–H groups in total. The lowest BCUT2D eigenvalue weighted by molar-refractivity contribution is -0.118. The first-order valence-corrected chi connectivity index (χ1v) is 3.78. The van der Waals surface area contributed by atoms with Gasteiger partial charge in [0.05, 0.1) is 6.54 Å². The summed E-state index contributed by atoms with van der Waals surface area (Å²) in [5, 5.41) is 3.14. The first-order valence-electron chi connectivity index (χ1n) is 3.78. The van der Waals surface area contributed by atoms with Gasteiger partial charge in [0.25, 0.3) is 0 Å². The van der Waals surface area contributed by atoms with E-state index in [0.29, 0.717) is 25.6 Å². The van der Waals surface area contributed by atoms with Crippen molar-refractivity contribution < 1.29 is 4.79 Å². The number of carbonyl (C=O) groups excluding carboxylic acids is 1. The van der Waals surface area contributed by atoms with Crippen molar-refractivity contribution in [3.05, 3.63) is 0 Å². The minimum atomic E-state index is 0.231. The Morgan fingerprint density at radius 1 is 1.60 bits per heavy atom. The standard InChI is InChI=1S/C7H14N2O/c8-4-3-7(10)5-9-6-1-2-6/h6,9H,1-5,8H2. The molecule has 0 aliphatic heterocycles. The first-order chi connectivity index (χ1) is 4.83. The van der Waals surface area contributed by atoms with Crippen molar-refractivity contribution in [1.29, 1.82) is 0 Å². The predicted molar refractivity (Wildman–Crippen MR) is 39.7 cm³/mol. The summed E-state index contributed by atoms with van der Waals surface area (Å²) < 4.78 is 0. The van der Waals surface area contributed by atoms with Crippen molar-refractivity contribution in [2.45, 2.75) is 25.3 Å². The number of nitrogens with two attached hydrogens (primary N) is 1. The highest BCUT2D eigenvalue weighted by molar-refractivity contribution is 5.80. The Labute approximate surface area is 61.0 Å². The fraction of sp³-hybridized carbons (Fsp3) is 0.857. The largest absolute Gasteiger partial charge is 0.330 e. The SMILES string of the molecule is NCCC(=O)CNC1CC1. The van der Waals surface area contributed by atoms with E-state index in [1.54, 1.807) is 0 Å². The lowest BCUT2D eigenvalue weighted by atomic mass is 10.3. The zero-order valence-corrected chi connectivity index (χ0v) is 6.10. The molecule has 0 bridgehead atoms. The summed E-state index contributed by atoms with van der Waals surface area (Å²) >= 11 is 0. The van der Waals surface area contributed by atoms with Gasteiger partial charge < -0.3 is 11.1 Å². The molecule has 0 aromatic rings. The molecule has 0 radical (unpaired) electrons. The minimum Gasteiger partial charge on any atom is -0.330 e. The third-order valence-electron chi connectivity index (χ3n) is 1.59. The lowest BCUT2D eigenvalue weighted by Crippen LogP contribution is -2.26. The lowest BCUT2D eigenvalue weighted by Gasteiger charge is -1.98. The van der Waals surface area contributed by atoms with Gasteiger partial charge in [-0.15, -0.1) is 0 Å². The summed E-state index contributed by atoms with van der Waals surface area (Å²) in [5.41, 5.74) is 5.20. The minimum absolute atomic E-state index is 0.231. The van der Waals surface area contributed by atoms with E-state index in [4.69, 9.17) is 5.73 Å². The molecule has 0 saturated heterocycles. The highest BCUT2D eigenvalue weighted by Crippen LogP contribution is 2.17. The summed E-state index contributed by atoms with van der Waals surface area (Å²) in [5.74, 6) is 0.231. The molecule has 0 atom stereocenters. The van der Waals surface area contributed by atoms with E-state index in [-0.39, 0.29) is 5.78 Å². The zero-order valence-electron chi connectivity index (χ0n) is 6.10. The van der Waals surface area contributed by atoms with Crippen LogP contribution in [0.4, 0.5) is 0 Å². The van der Waals surface area contributed by atoms with E-state index in [0.717, 1.165) is 0 Å². The van der Waals surface area contributed by atoms with Gasteiger partial charge >= 0.3 is 0 Å². The Bertz CT molecular complexity index is 121. The molecule has 0 aromatic heterocycles. The van der Waals surface area contributed by atoms with Crippen LogP contribution in [0.1, 0.15) is 19.3 Å². The van der Waals surface area contributed by atoms with Crippen molar-refractivity contribution in [2.75, 3.05) is 13.1 Å². The third-order valence-corrected chi connectivity index (χ3v) is 1.59. The van der Waals surface area contributed by atoms with Gasteiger partial charge in [-0.2, -0.15) is 0 Å². The van der Waals surface area contributed by atoms with Crippen LogP contribution in [0.3, 0.4) is 0 Å². The fourth-order valence-corrected chi connectivity index (χ4v) is 0.795. The van der Waals surface area contributed by atoms with Gasteiger partial charge in [-0.05, 0) is 19.4 Å². The van der Waals surface area contributed by atoms with Gasteiger partial charge in [0, 0.05) is 12.5 Å². The maximum absolute atomic E-state index is 10.8. The molecule has 0 unspecified atom stereocenters. The van der Waals surface area contributed by atoms with E-state index < -0.39 is 0 Å². The van der Waals surface area contributed by atoms with Gasteiger partial charge in [-0.1, -0.05) is 0 Å². The van der Waals surface area contributed by atoms with Crippen molar-refractivity contribution >= 4 is 5.78 Å². The number of hydrogen-bond acceptors (Lipinski definition) is 3. The third kappa shape index (κ3) is 2.94. The van der Waals surface area contributed by atoms with Crippen molar-refractivity contribution in [3.8, 4) is 0 Å². The number of rotatable bonds is 5. The summed E-state index contributed by atoms with van der Waals surface area (Å²) in [7, 11) is 0. The Morgan fingerprint density at radius 2 is 2.30 bits per heavy atom. The Hall–Kier alpha value is -0.410. The molecule has 0 amide bonds. The zero-order chi connectivity index (χ0) is 7.40. The summed E-state index contributed by atoms with van der Waals surface area (Å²) in [6, 6.07) is 0.627. The summed E-state index contributed by atoms with van der Waals surface area (Å²) in [4.78, 5) is 10.8. The average molecular weight is 142 g/mol. The molecule has 3 heteroatoms. The second kappa shape index (κ2) is 3.68. The second-order valence-electron chi connectivity index (χ2n) is 2.73. The van der Waals surface area contributed by atoms with Crippen LogP contribution in [-0.4, -0.2) is 24.9 Å². The van der Waals surface area contributed by atoms with Crippen LogP contribution in [0, 0.1) is 0 Å². The van der Waals surface area contributed by atoms with Crippen LogP contribution in [0.15, 0.2) is 0 Å². The molecule has 10 heavy (non-hydrogen) atoms. The molecule has 0 spiro atoms. The molecule has 3 nitrogen and oxygen atoms in total. The molecule has 1 rings (SSSR count). The Morgan fingerprint density at radius 3 is 2.80 bits per heavy atom.